The van der Waals surface area contributed by atoms with Crippen LogP contribution < -0.4 is 15.5 Å². The first-order valence-corrected chi connectivity index (χ1v) is 6.33. The van der Waals surface area contributed by atoms with Gasteiger partial charge in [-0.1, -0.05) is 23.2 Å². The van der Waals surface area contributed by atoms with Crippen molar-refractivity contribution in [3.63, 3.8) is 0 Å². The van der Waals surface area contributed by atoms with Gasteiger partial charge in [0.15, 0.2) is 5.82 Å². The number of imide groups is 1. The molecule has 19 heavy (non-hydrogen) atoms. The normalized spacial score (nSPS) is 19.4. The number of carbonyl (C=O) groups is 2. The van der Waals surface area contributed by atoms with Gasteiger partial charge >= 0.3 is 0 Å². The lowest BCUT2D eigenvalue weighted by atomic mass is 10.2. The van der Waals surface area contributed by atoms with E-state index in [-0.39, 0.29) is 18.4 Å². The molecular formula is C11H12Cl2N4O2. The Kier molecular flexibility index (Phi) is 3.82. The van der Waals surface area contributed by atoms with E-state index in [4.69, 9.17) is 23.2 Å². The van der Waals surface area contributed by atoms with Crippen molar-refractivity contribution >= 4 is 46.7 Å². The molecule has 8 heteroatoms. The lowest BCUT2D eigenvalue weighted by molar-refractivity contribution is -0.132. The number of hydrogen-bond acceptors (Lipinski definition) is 5. The van der Waals surface area contributed by atoms with Gasteiger partial charge in [-0.25, -0.2) is 4.98 Å². The lowest BCUT2D eigenvalue weighted by Gasteiger charge is -2.33. The highest BCUT2D eigenvalue weighted by Crippen LogP contribution is 2.32. The van der Waals surface area contributed by atoms with Gasteiger partial charge in [0.2, 0.25) is 11.8 Å². The molecule has 2 N–H and O–H groups in total. The number of piperazine rings is 1. The number of pyridine rings is 1. The quantitative estimate of drug-likeness (QED) is 0.805. The Bertz CT molecular complexity index is 550. The van der Waals surface area contributed by atoms with E-state index in [1.165, 1.54) is 6.07 Å². The van der Waals surface area contributed by atoms with Crippen LogP contribution in [0.15, 0.2) is 6.07 Å². The Morgan fingerprint density at radius 2 is 2.11 bits per heavy atom. The zero-order chi connectivity index (χ0) is 14.2. The molecule has 1 aliphatic rings. The summed E-state index contributed by atoms with van der Waals surface area (Å²) in [6.45, 7) is 1.69. The first-order chi connectivity index (χ1) is 8.93. The summed E-state index contributed by atoms with van der Waals surface area (Å²) in [5.41, 5.74) is 0. The van der Waals surface area contributed by atoms with Gasteiger partial charge in [0.05, 0.1) is 16.6 Å². The maximum atomic E-state index is 11.6. The van der Waals surface area contributed by atoms with Gasteiger partial charge in [0, 0.05) is 7.05 Å². The van der Waals surface area contributed by atoms with Gasteiger partial charge in [-0.05, 0) is 13.0 Å². The standard InChI is InChI=1S/C11H12Cl2N4O2/c1-5-11(19)15-8(18)4-17(5)10-7(13)3-6(12)9(14-2)16-10/h3,5H,4H2,1-2H3,(H,14,16)(H,15,18,19). The van der Waals surface area contributed by atoms with Crippen LogP contribution in [-0.2, 0) is 9.59 Å². The van der Waals surface area contributed by atoms with Gasteiger partial charge in [-0.2, -0.15) is 0 Å². The molecule has 2 amide bonds. The monoisotopic (exact) mass is 302 g/mol. The smallest absolute Gasteiger partial charge is 0.249 e. The third-order valence-electron chi connectivity index (χ3n) is 2.84. The third-order valence-corrected chi connectivity index (χ3v) is 3.41. The summed E-state index contributed by atoms with van der Waals surface area (Å²) in [5.74, 6) is 0.0230. The average molecular weight is 303 g/mol. The number of amides is 2. The predicted molar refractivity (Wildman–Crippen MR) is 73.8 cm³/mol. The Balaban J connectivity index is 2.45. The molecule has 2 rings (SSSR count). The minimum Gasteiger partial charge on any atom is -0.372 e. The molecule has 0 bridgehead atoms. The molecule has 2 heterocycles. The number of nitrogens with zero attached hydrogens (tertiary/aromatic N) is 2. The number of hydrogen-bond donors (Lipinski definition) is 2. The van der Waals surface area contributed by atoms with Crippen LogP contribution in [0.5, 0.6) is 0 Å². The van der Waals surface area contributed by atoms with Gasteiger partial charge in [-0.15, -0.1) is 0 Å². The van der Waals surface area contributed by atoms with Crippen molar-refractivity contribution in [2.24, 2.45) is 0 Å². The maximum absolute atomic E-state index is 11.6. The zero-order valence-electron chi connectivity index (χ0n) is 10.3. The SMILES string of the molecule is CNc1nc(N2CC(=O)NC(=O)C2C)c(Cl)cc1Cl. The predicted octanol–water partition coefficient (Wildman–Crippen LogP) is 1.28. The maximum Gasteiger partial charge on any atom is 0.249 e. The van der Waals surface area contributed by atoms with Crippen molar-refractivity contribution < 1.29 is 9.59 Å². The number of halogens is 2. The molecule has 0 radical (unpaired) electrons. The van der Waals surface area contributed by atoms with Crippen LogP contribution in [0.25, 0.3) is 0 Å². The molecule has 0 aromatic carbocycles. The van der Waals surface area contributed by atoms with Crippen LogP contribution in [0.4, 0.5) is 11.6 Å². The van der Waals surface area contributed by atoms with E-state index in [0.29, 0.717) is 21.7 Å². The molecule has 0 aliphatic carbocycles. The van der Waals surface area contributed by atoms with E-state index in [2.05, 4.69) is 15.6 Å². The van der Waals surface area contributed by atoms with E-state index in [0.717, 1.165) is 0 Å². The first-order valence-electron chi connectivity index (χ1n) is 5.58. The topological polar surface area (TPSA) is 74.3 Å². The molecule has 1 aliphatic heterocycles. The Hall–Kier alpha value is -1.53. The molecule has 6 nitrogen and oxygen atoms in total. The van der Waals surface area contributed by atoms with Gasteiger partial charge in [0.25, 0.3) is 0 Å². The minimum absolute atomic E-state index is 0.0183. The van der Waals surface area contributed by atoms with Crippen molar-refractivity contribution in [3.05, 3.63) is 16.1 Å². The average Bonchev–Trinajstić information content (AvgIpc) is 2.34. The second-order valence-electron chi connectivity index (χ2n) is 4.09. The van der Waals surface area contributed by atoms with Gasteiger partial charge < -0.3 is 10.2 Å². The van der Waals surface area contributed by atoms with E-state index >= 15 is 0 Å². The zero-order valence-corrected chi connectivity index (χ0v) is 11.8. The lowest BCUT2D eigenvalue weighted by Crippen LogP contribution is -2.57. The fourth-order valence-corrected chi connectivity index (χ4v) is 2.37. The molecule has 1 saturated heterocycles. The number of aromatic nitrogens is 1. The van der Waals surface area contributed by atoms with Crippen molar-refractivity contribution in [3.8, 4) is 0 Å². The minimum atomic E-state index is -0.534. The number of anilines is 2. The summed E-state index contributed by atoms with van der Waals surface area (Å²) in [5, 5.41) is 5.74. The molecule has 1 aromatic rings. The van der Waals surface area contributed by atoms with Crippen LogP contribution in [0.3, 0.4) is 0 Å². The van der Waals surface area contributed by atoms with E-state index in [9.17, 15) is 9.59 Å². The van der Waals surface area contributed by atoms with Crippen LogP contribution in [-0.4, -0.2) is 36.4 Å². The molecule has 102 valence electrons. The first kappa shape index (κ1) is 13.9. The molecule has 1 fully saturated rings. The Morgan fingerprint density at radius 1 is 1.42 bits per heavy atom. The Labute approximate surface area is 120 Å². The second kappa shape index (κ2) is 5.22. The number of rotatable bonds is 2. The van der Waals surface area contributed by atoms with Gasteiger partial charge in [0.1, 0.15) is 11.9 Å². The van der Waals surface area contributed by atoms with E-state index in [1.807, 2.05) is 0 Å². The van der Waals surface area contributed by atoms with Crippen molar-refractivity contribution in [2.45, 2.75) is 13.0 Å². The number of nitrogens with one attached hydrogen (secondary N) is 2. The van der Waals surface area contributed by atoms with Crippen LogP contribution in [0.2, 0.25) is 10.0 Å². The molecule has 0 spiro atoms. The number of carbonyl (C=O) groups excluding carboxylic acids is 2. The summed E-state index contributed by atoms with van der Waals surface area (Å²) >= 11 is 12.1. The van der Waals surface area contributed by atoms with Crippen LogP contribution in [0.1, 0.15) is 6.92 Å². The third kappa shape index (κ3) is 2.59. The fourth-order valence-electron chi connectivity index (χ4n) is 1.81. The fraction of sp³-hybridized carbons (Fsp3) is 0.364. The summed E-state index contributed by atoms with van der Waals surface area (Å²) in [7, 11) is 1.67. The van der Waals surface area contributed by atoms with Crippen LogP contribution >= 0.6 is 23.2 Å². The molecule has 1 unspecified atom stereocenters. The van der Waals surface area contributed by atoms with E-state index in [1.54, 1.807) is 18.9 Å². The molecule has 1 aromatic heterocycles. The summed E-state index contributed by atoms with van der Waals surface area (Å²) in [6, 6.07) is 0.995. The van der Waals surface area contributed by atoms with Crippen LogP contribution in [0, 0.1) is 0 Å². The highest BCUT2D eigenvalue weighted by Gasteiger charge is 2.32. The highest BCUT2D eigenvalue weighted by atomic mass is 35.5. The van der Waals surface area contributed by atoms with Crippen molar-refractivity contribution in [1.29, 1.82) is 0 Å². The second-order valence-corrected chi connectivity index (χ2v) is 4.90. The summed E-state index contributed by atoms with van der Waals surface area (Å²) in [6.07, 6.45) is 0. The van der Waals surface area contributed by atoms with Crippen molar-refractivity contribution in [2.75, 3.05) is 23.8 Å². The van der Waals surface area contributed by atoms with E-state index < -0.39 is 6.04 Å². The highest BCUT2D eigenvalue weighted by molar-refractivity contribution is 6.37. The largest absolute Gasteiger partial charge is 0.372 e. The summed E-state index contributed by atoms with van der Waals surface area (Å²) in [4.78, 5) is 28.9. The molecule has 0 saturated carbocycles. The van der Waals surface area contributed by atoms with Crippen molar-refractivity contribution in [1.82, 2.24) is 10.3 Å². The Morgan fingerprint density at radius 3 is 2.74 bits per heavy atom. The summed E-state index contributed by atoms with van der Waals surface area (Å²) < 4.78 is 0. The molecular weight excluding hydrogens is 291 g/mol. The molecule has 1 atom stereocenters. The van der Waals surface area contributed by atoms with Gasteiger partial charge in [-0.3, -0.25) is 14.9 Å².